The fraction of sp³-hybridized carbons (Fsp3) is 0.519. The highest BCUT2D eigenvalue weighted by molar-refractivity contribution is 7.86. The number of carbonyl (C=O) groups excluding carboxylic acids is 1. The Morgan fingerprint density at radius 1 is 0.938 bits per heavy atom. The highest BCUT2D eigenvalue weighted by atomic mass is 32.2. The van der Waals surface area contributed by atoms with E-state index in [-0.39, 0.29) is 17.8 Å². The van der Waals surface area contributed by atoms with Crippen LogP contribution in [-0.2, 0) is 21.2 Å². The van der Waals surface area contributed by atoms with Gasteiger partial charge >= 0.3 is 0 Å². The Morgan fingerprint density at radius 3 is 1.97 bits per heavy atom. The van der Waals surface area contributed by atoms with Crippen molar-refractivity contribution in [1.82, 2.24) is 0 Å². The Bertz CT molecular complexity index is 971. The second-order valence-corrected chi connectivity index (χ2v) is 11.0. The summed E-state index contributed by atoms with van der Waals surface area (Å²) in [5, 5.41) is 0. The summed E-state index contributed by atoms with van der Waals surface area (Å²) in [6.45, 7) is 16.3. The largest absolute Gasteiger partial charge is 0.486 e. The molecular weight excluding hydrogens is 418 g/mol. The third-order valence-corrected chi connectivity index (χ3v) is 7.37. The van der Waals surface area contributed by atoms with Crippen molar-refractivity contribution in [2.24, 2.45) is 5.41 Å². The SMILES string of the molecule is CCS(=O)Nc1ccc(C(CC)(CC)c2ccc(OCC(=O)C(C)(C)C)c(C)c2)cc1C. The molecule has 32 heavy (non-hydrogen) atoms. The molecule has 0 spiro atoms. The molecule has 0 aliphatic rings. The molecular formula is C27H39NO3S. The number of anilines is 1. The van der Waals surface area contributed by atoms with Gasteiger partial charge in [-0.25, -0.2) is 4.21 Å². The molecule has 2 aromatic rings. The summed E-state index contributed by atoms with van der Waals surface area (Å²) < 4.78 is 20.9. The molecule has 1 N–H and O–H groups in total. The van der Waals surface area contributed by atoms with Crippen LogP contribution in [0.1, 0.15) is 76.6 Å². The van der Waals surface area contributed by atoms with Crippen LogP contribution in [0, 0.1) is 19.3 Å². The van der Waals surface area contributed by atoms with Crippen molar-refractivity contribution >= 4 is 22.5 Å². The van der Waals surface area contributed by atoms with Gasteiger partial charge in [-0.1, -0.05) is 65.8 Å². The van der Waals surface area contributed by atoms with Crippen molar-refractivity contribution in [3.05, 3.63) is 58.7 Å². The molecule has 2 aromatic carbocycles. The molecule has 0 radical (unpaired) electrons. The molecule has 0 aromatic heterocycles. The first-order valence-electron chi connectivity index (χ1n) is 11.5. The number of benzene rings is 2. The van der Waals surface area contributed by atoms with E-state index in [0.29, 0.717) is 5.75 Å². The first-order chi connectivity index (χ1) is 15.0. The average molecular weight is 458 g/mol. The summed E-state index contributed by atoms with van der Waals surface area (Å²) in [6, 6.07) is 12.7. The third-order valence-electron chi connectivity index (χ3n) is 6.39. The van der Waals surface area contributed by atoms with Crippen LogP contribution in [0.3, 0.4) is 0 Å². The zero-order valence-corrected chi connectivity index (χ0v) is 21.7. The molecule has 0 saturated carbocycles. The molecule has 0 aliphatic heterocycles. The van der Waals surface area contributed by atoms with Crippen LogP contribution in [0.25, 0.3) is 0 Å². The van der Waals surface area contributed by atoms with Gasteiger partial charge in [0.1, 0.15) is 23.3 Å². The fourth-order valence-corrected chi connectivity index (χ4v) is 4.59. The number of hydrogen-bond donors (Lipinski definition) is 1. The van der Waals surface area contributed by atoms with E-state index in [9.17, 15) is 9.00 Å². The minimum absolute atomic E-state index is 0.0865. The van der Waals surface area contributed by atoms with Crippen molar-refractivity contribution in [2.45, 2.75) is 73.6 Å². The predicted octanol–water partition coefficient (Wildman–Crippen LogP) is 6.50. The van der Waals surface area contributed by atoms with E-state index < -0.39 is 16.4 Å². The molecule has 2 rings (SSSR count). The minimum atomic E-state index is -1.06. The maximum Gasteiger partial charge on any atom is 0.175 e. The monoisotopic (exact) mass is 457 g/mol. The zero-order chi connectivity index (χ0) is 24.1. The van der Waals surface area contributed by atoms with Gasteiger partial charge in [-0.15, -0.1) is 0 Å². The second-order valence-electron chi connectivity index (χ2n) is 9.50. The van der Waals surface area contributed by atoms with E-state index in [2.05, 4.69) is 49.8 Å². The third kappa shape index (κ3) is 5.80. The molecule has 0 aliphatic carbocycles. The second kappa shape index (κ2) is 10.7. The Morgan fingerprint density at radius 2 is 1.50 bits per heavy atom. The summed E-state index contributed by atoms with van der Waals surface area (Å²) in [7, 11) is -1.06. The van der Waals surface area contributed by atoms with Gasteiger partial charge in [-0.05, 0) is 61.1 Å². The van der Waals surface area contributed by atoms with Gasteiger partial charge in [0.05, 0.1) is 0 Å². The van der Waals surface area contributed by atoms with Crippen LogP contribution in [0.2, 0.25) is 0 Å². The van der Waals surface area contributed by atoms with Gasteiger partial charge in [0.2, 0.25) is 0 Å². The van der Waals surface area contributed by atoms with E-state index in [1.165, 1.54) is 11.1 Å². The van der Waals surface area contributed by atoms with Gasteiger partial charge in [-0.3, -0.25) is 4.79 Å². The van der Waals surface area contributed by atoms with Crippen molar-refractivity contribution in [1.29, 1.82) is 0 Å². The minimum Gasteiger partial charge on any atom is -0.486 e. The van der Waals surface area contributed by atoms with Crippen molar-refractivity contribution in [2.75, 3.05) is 17.1 Å². The molecule has 0 bridgehead atoms. The summed E-state index contributed by atoms with van der Waals surface area (Å²) >= 11 is 0. The van der Waals surface area contributed by atoms with Crippen LogP contribution in [0.15, 0.2) is 36.4 Å². The zero-order valence-electron chi connectivity index (χ0n) is 20.9. The highest BCUT2D eigenvalue weighted by Crippen LogP contribution is 2.41. The first-order valence-corrected chi connectivity index (χ1v) is 12.8. The molecule has 1 unspecified atom stereocenters. The van der Waals surface area contributed by atoms with E-state index in [1.807, 2.05) is 46.8 Å². The lowest BCUT2D eigenvalue weighted by Gasteiger charge is -2.34. The predicted molar refractivity (Wildman–Crippen MR) is 136 cm³/mol. The summed E-state index contributed by atoms with van der Waals surface area (Å²) in [5.41, 5.74) is 5.00. The Hall–Kier alpha value is -2.14. The molecule has 1 atom stereocenters. The van der Waals surface area contributed by atoms with Crippen molar-refractivity contribution < 1.29 is 13.7 Å². The number of rotatable bonds is 10. The smallest absolute Gasteiger partial charge is 0.175 e. The number of ether oxygens (including phenoxy) is 1. The van der Waals surface area contributed by atoms with Crippen LogP contribution < -0.4 is 9.46 Å². The van der Waals surface area contributed by atoms with Crippen LogP contribution in [0.4, 0.5) is 5.69 Å². The highest BCUT2D eigenvalue weighted by Gasteiger charge is 2.31. The molecule has 0 heterocycles. The standard InChI is InChI=1S/C27H39NO3S/c1-9-27(10-2,21-12-14-23(19(4)16-21)28-32(30)11-3)22-13-15-24(20(5)17-22)31-18-25(29)26(6,7)8/h12-17,28H,9-11,18H2,1-8H3. The van der Waals surface area contributed by atoms with Gasteiger partial charge < -0.3 is 9.46 Å². The normalized spacial score (nSPS) is 13.0. The molecule has 5 heteroatoms. The lowest BCUT2D eigenvalue weighted by atomic mass is 9.70. The van der Waals surface area contributed by atoms with E-state index >= 15 is 0 Å². The molecule has 0 fully saturated rings. The van der Waals surface area contributed by atoms with E-state index in [1.54, 1.807) is 0 Å². The number of aryl methyl sites for hydroxylation is 2. The van der Waals surface area contributed by atoms with Gasteiger partial charge in [0.25, 0.3) is 0 Å². The summed E-state index contributed by atoms with van der Waals surface area (Å²) in [5.74, 6) is 1.42. The fourth-order valence-electron chi connectivity index (χ4n) is 3.97. The van der Waals surface area contributed by atoms with E-state index in [0.717, 1.165) is 35.4 Å². The number of nitrogens with one attached hydrogen (secondary N) is 1. The lowest BCUT2D eigenvalue weighted by Crippen LogP contribution is -2.27. The Labute approximate surface area is 196 Å². The average Bonchev–Trinajstić information content (AvgIpc) is 2.75. The Balaban J connectivity index is 2.37. The lowest BCUT2D eigenvalue weighted by molar-refractivity contribution is -0.128. The summed E-state index contributed by atoms with van der Waals surface area (Å²) in [4.78, 5) is 12.2. The van der Waals surface area contributed by atoms with Crippen LogP contribution >= 0.6 is 0 Å². The quantitative estimate of drug-likeness (QED) is 0.443. The molecule has 176 valence electrons. The van der Waals surface area contributed by atoms with Crippen molar-refractivity contribution in [3.63, 3.8) is 0 Å². The topological polar surface area (TPSA) is 55.4 Å². The number of hydrogen-bond acceptors (Lipinski definition) is 3. The number of Topliss-reactive ketones (excluding diaryl/α,β-unsaturated/α-hetero) is 1. The maximum atomic E-state index is 12.2. The van der Waals surface area contributed by atoms with E-state index in [4.69, 9.17) is 4.74 Å². The van der Waals surface area contributed by atoms with Crippen LogP contribution in [-0.4, -0.2) is 22.4 Å². The van der Waals surface area contributed by atoms with Crippen LogP contribution in [0.5, 0.6) is 5.75 Å². The number of ketones is 1. The molecule has 4 nitrogen and oxygen atoms in total. The van der Waals surface area contributed by atoms with Gasteiger partial charge in [-0.2, -0.15) is 0 Å². The van der Waals surface area contributed by atoms with Gasteiger partial charge in [0.15, 0.2) is 5.78 Å². The first kappa shape index (κ1) is 26.1. The molecule has 0 amide bonds. The maximum absolute atomic E-state index is 12.2. The van der Waals surface area contributed by atoms with Gasteiger partial charge in [0, 0.05) is 22.3 Å². The van der Waals surface area contributed by atoms with Crippen molar-refractivity contribution in [3.8, 4) is 5.75 Å². The molecule has 0 saturated heterocycles. The summed E-state index contributed by atoms with van der Waals surface area (Å²) in [6.07, 6.45) is 1.91. The Kier molecular flexibility index (Phi) is 8.69. The number of carbonyl (C=O) groups is 1.